The van der Waals surface area contributed by atoms with Gasteiger partial charge in [-0.1, -0.05) is 46.8 Å². The molecular formula is C44H72N2O6. The van der Waals surface area contributed by atoms with Gasteiger partial charge in [0, 0.05) is 38.5 Å². The lowest BCUT2D eigenvalue weighted by atomic mass is 9.32. The van der Waals surface area contributed by atoms with Gasteiger partial charge in [-0.15, -0.1) is 0 Å². The SMILES string of the molecule is C=C(C)[C@@H]1CC[C@]2(CC(=O)N(C)CC3CN(C)CCO3)CC[C@]3(C)[C@H](CC[C@@H]4[C@@]5(C)CC[C@H](OC(=O)CC(C)(C)C(=O)O)C(C)(C)[C@@H]5CC[C@]43C)[C@@H]12. The number of ether oxygens (including phenoxy) is 2. The summed E-state index contributed by atoms with van der Waals surface area (Å²) in [6, 6.07) is 0. The first kappa shape index (κ1) is 39.8. The van der Waals surface area contributed by atoms with Crippen LogP contribution in [0.1, 0.15) is 132 Å². The number of carboxylic acids is 1. The molecule has 5 aliphatic carbocycles. The number of amides is 1. The van der Waals surface area contributed by atoms with E-state index in [2.05, 4.69) is 60.1 Å². The molecule has 11 atom stereocenters. The summed E-state index contributed by atoms with van der Waals surface area (Å²) in [5, 5.41) is 9.62. The molecule has 0 radical (unpaired) electrons. The highest BCUT2D eigenvalue weighted by Crippen LogP contribution is 2.78. The number of rotatable bonds is 9. The fourth-order valence-electron chi connectivity index (χ4n) is 14.2. The summed E-state index contributed by atoms with van der Waals surface area (Å²) in [4.78, 5) is 43.3. The molecule has 294 valence electrons. The van der Waals surface area contributed by atoms with Crippen LogP contribution in [-0.4, -0.2) is 85.3 Å². The third-order valence-electron chi connectivity index (χ3n) is 17.4. The lowest BCUT2D eigenvalue weighted by Crippen LogP contribution is -2.67. The average molecular weight is 725 g/mol. The molecule has 0 aromatic heterocycles. The number of carbonyl (C=O) groups is 3. The van der Waals surface area contributed by atoms with Crippen molar-refractivity contribution in [3.63, 3.8) is 0 Å². The second-order valence-corrected chi connectivity index (χ2v) is 21.0. The normalized spacial score (nSPS) is 42.9. The smallest absolute Gasteiger partial charge is 0.309 e. The largest absolute Gasteiger partial charge is 0.481 e. The maximum atomic E-state index is 14.1. The molecule has 1 unspecified atom stereocenters. The molecule has 6 rings (SSSR count). The maximum Gasteiger partial charge on any atom is 0.309 e. The van der Waals surface area contributed by atoms with E-state index in [1.54, 1.807) is 13.8 Å². The predicted octanol–water partition coefficient (Wildman–Crippen LogP) is 8.24. The molecule has 1 amide bonds. The standard InChI is InChI=1S/C44H72N2O6/c1-28(2)30-14-19-44(24-35(47)46(11)27-29-26-45(10)22-23-51-29)21-20-42(8)31(37(30)44)12-13-33-41(7)17-16-34(52-36(48)25-39(3,4)38(49)50)40(5,6)32(41)15-18-43(33,42)9/h29-34,37H,1,12-27H2,2-11H3,(H,49,50)/t29?,30-,31+,32-,33+,34-,37+,41-,42+,43+,44+/m0/s1. The van der Waals surface area contributed by atoms with Gasteiger partial charge in [0.1, 0.15) is 6.10 Å². The van der Waals surface area contributed by atoms with E-state index in [-0.39, 0.29) is 51.6 Å². The van der Waals surface area contributed by atoms with Crippen LogP contribution in [0.4, 0.5) is 0 Å². The first-order valence-corrected chi connectivity index (χ1v) is 20.7. The number of aliphatic carboxylic acids is 1. The topological polar surface area (TPSA) is 96.4 Å². The number of nitrogens with zero attached hydrogens (tertiary/aromatic N) is 2. The zero-order chi connectivity index (χ0) is 38.2. The third kappa shape index (κ3) is 6.39. The predicted molar refractivity (Wildman–Crippen MR) is 204 cm³/mol. The second kappa shape index (κ2) is 13.7. The lowest BCUT2D eigenvalue weighted by molar-refractivity contribution is -0.250. The van der Waals surface area contributed by atoms with Crippen molar-refractivity contribution >= 4 is 17.8 Å². The highest BCUT2D eigenvalue weighted by atomic mass is 16.5. The summed E-state index contributed by atoms with van der Waals surface area (Å²) in [6.45, 7) is 25.7. The summed E-state index contributed by atoms with van der Waals surface area (Å²) >= 11 is 0. The molecule has 6 fully saturated rings. The van der Waals surface area contributed by atoms with Gasteiger partial charge >= 0.3 is 11.9 Å². The van der Waals surface area contributed by atoms with Gasteiger partial charge in [-0.25, -0.2) is 0 Å². The van der Waals surface area contributed by atoms with Crippen molar-refractivity contribution < 1.29 is 29.0 Å². The van der Waals surface area contributed by atoms with Gasteiger partial charge in [-0.3, -0.25) is 14.4 Å². The van der Waals surface area contributed by atoms with Gasteiger partial charge in [0.2, 0.25) is 5.91 Å². The van der Waals surface area contributed by atoms with Crippen LogP contribution >= 0.6 is 0 Å². The second-order valence-electron chi connectivity index (χ2n) is 21.0. The van der Waals surface area contributed by atoms with E-state index in [1.807, 2.05) is 11.9 Å². The number of allylic oxidation sites excluding steroid dienone is 1. The summed E-state index contributed by atoms with van der Waals surface area (Å²) in [5.74, 6) is 1.46. The summed E-state index contributed by atoms with van der Waals surface area (Å²) in [5.41, 5.74) is 0.507. The van der Waals surface area contributed by atoms with Crippen LogP contribution in [-0.2, 0) is 23.9 Å². The van der Waals surface area contributed by atoms with Gasteiger partial charge in [0.15, 0.2) is 0 Å². The van der Waals surface area contributed by atoms with Gasteiger partial charge in [0.25, 0.3) is 0 Å². The molecule has 1 N–H and O–H groups in total. The van der Waals surface area contributed by atoms with Crippen LogP contribution in [0.2, 0.25) is 0 Å². The van der Waals surface area contributed by atoms with E-state index in [4.69, 9.17) is 9.47 Å². The Bertz CT molecular complexity index is 1420. The van der Waals surface area contributed by atoms with E-state index in [0.717, 1.165) is 58.2 Å². The molecule has 1 heterocycles. The van der Waals surface area contributed by atoms with Gasteiger partial charge < -0.3 is 24.4 Å². The van der Waals surface area contributed by atoms with E-state index >= 15 is 0 Å². The lowest BCUT2D eigenvalue weighted by Gasteiger charge is -2.73. The fraction of sp³-hybridized carbons (Fsp3) is 0.886. The molecule has 0 bridgehead atoms. The maximum absolute atomic E-state index is 14.1. The Kier molecular flexibility index (Phi) is 10.5. The molecular weight excluding hydrogens is 652 g/mol. The number of fused-ring (bicyclic) bond motifs is 7. The number of hydrogen-bond acceptors (Lipinski definition) is 6. The number of carboxylic acid groups (broad SMARTS) is 1. The van der Waals surface area contributed by atoms with E-state index in [0.29, 0.717) is 42.6 Å². The zero-order valence-electron chi connectivity index (χ0n) is 34.4. The fourth-order valence-corrected chi connectivity index (χ4v) is 14.2. The molecule has 52 heavy (non-hydrogen) atoms. The van der Waals surface area contributed by atoms with E-state index < -0.39 is 17.4 Å². The highest BCUT2D eigenvalue weighted by Gasteiger charge is 2.71. The van der Waals surface area contributed by atoms with Crippen LogP contribution in [0.15, 0.2) is 12.2 Å². The first-order valence-electron chi connectivity index (χ1n) is 20.7. The first-order chi connectivity index (χ1) is 24.1. The molecule has 8 heteroatoms. The van der Waals surface area contributed by atoms with Crippen LogP contribution in [0.25, 0.3) is 0 Å². The van der Waals surface area contributed by atoms with Crippen molar-refractivity contribution in [3.05, 3.63) is 12.2 Å². The number of hydrogen-bond donors (Lipinski definition) is 1. The quantitative estimate of drug-likeness (QED) is 0.189. The monoisotopic (exact) mass is 725 g/mol. The van der Waals surface area contributed by atoms with Crippen LogP contribution in [0.5, 0.6) is 0 Å². The summed E-state index contributed by atoms with van der Waals surface area (Å²) in [6.07, 6.45) is 11.6. The van der Waals surface area contributed by atoms with E-state index in [9.17, 15) is 19.5 Å². The highest BCUT2D eigenvalue weighted by molar-refractivity contribution is 5.81. The van der Waals surface area contributed by atoms with Crippen molar-refractivity contribution in [2.45, 2.75) is 145 Å². The molecule has 0 aromatic rings. The Morgan fingerprint density at radius 2 is 1.65 bits per heavy atom. The third-order valence-corrected chi connectivity index (χ3v) is 17.4. The Morgan fingerprint density at radius 3 is 2.31 bits per heavy atom. The average Bonchev–Trinajstić information content (AvgIpc) is 3.42. The summed E-state index contributed by atoms with van der Waals surface area (Å²) in [7, 11) is 4.12. The van der Waals surface area contributed by atoms with Crippen molar-refractivity contribution in [1.82, 2.24) is 9.80 Å². The Hall–Kier alpha value is -1.93. The molecule has 1 saturated heterocycles. The van der Waals surface area contributed by atoms with Crippen LogP contribution in [0, 0.1) is 62.1 Å². The molecule has 8 nitrogen and oxygen atoms in total. The molecule has 1 aliphatic heterocycles. The Labute approximate surface area is 315 Å². The molecule has 5 saturated carbocycles. The van der Waals surface area contributed by atoms with Gasteiger partial charge in [0.05, 0.1) is 24.5 Å². The molecule has 6 aliphatic rings. The van der Waals surface area contributed by atoms with Gasteiger partial charge in [-0.2, -0.15) is 0 Å². The molecule has 0 spiro atoms. The summed E-state index contributed by atoms with van der Waals surface area (Å²) < 4.78 is 12.2. The number of carbonyl (C=O) groups excluding carboxylic acids is 2. The minimum atomic E-state index is -1.14. The van der Waals surface area contributed by atoms with Gasteiger partial charge in [-0.05, 0) is 143 Å². The Balaban J connectivity index is 1.22. The number of likely N-dealkylation sites (N-methyl/N-ethyl adjacent to an activating group) is 2. The van der Waals surface area contributed by atoms with Crippen molar-refractivity contribution in [2.75, 3.05) is 40.3 Å². The zero-order valence-corrected chi connectivity index (χ0v) is 34.4. The van der Waals surface area contributed by atoms with Crippen molar-refractivity contribution in [2.24, 2.45) is 62.1 Å². The van der Waals surface area contributed by atoms with Crippen LogP contribution in [0.3, 0.4) is 0 Å². The Morgan fingerprint density at radius 1 is 0.942 bits per heavy atom. The van der Waals surface area contributed by atoms with Crippen LogP contribution < -0.4 is 0 Å². The minimum absolute atomic E-state index is 0.0345. The van der Waals surface area contributed by atoms with E-state index in [1.165, 1.54) is 31.3 Å². The minimum Gasteiger partial charge on any atom is -0.481 e. The number of morpholine rings is 1. The van der Waals surface area contributed by atoms with Crippen molar-refractivity contribution in [3.8, 4) is 0 Å². The van der Waals surface area contributed by atoms with Crippen molar-refractivity contribution in [1.29, 1.82) is 0 Å². The molecule has 0 aromatic carbocycles. The number of esters is 1.